The van der Waals surface area contributed by atoms with E-state index in [0.717, 1.165) is 18.0 Å². The van der Waals surface area contributed by atoms with Crippen molar-refractivity contribution in [2.75, 3.05) is 27.3 Å². The highest BCUT2D eigenvalue weighted by molar-refractivity contribution is 8.93. The normalized spacial score (nSPS) is 9.00. The van der Waals surface area contributed by atoms with Crippen molar-refractivity contribution in [3.05, 3.63) is 24.3 Å². The van der Waals surface area contributed by atoms with Gasteiger partial charge in [0.05, 0.1) is 7.11 Å². The van der Waals surface area contributed by atoms with Crippen LogP contribution in [0.1, 0.15) is 0 Å². The van der Waals surface area contributed by atoms with Crippen molar-refractivity contribution in [1.82, 2.24) is 5.32 Å². The van der Waals surface area contributed by atoms with Gasteiger partial charge in [0, 0.05) is 6.54 Å². The number of hydrogen-bond acceptors (Lipinski definition) is 3. The Morgan fingerprint density at radius 3 is 2.21 bits per heavy atom. The van der Waals surface area contributed by atoms with Crippen molar-refractivity contribution in [3.8, 4) is 11.5 Å². The zero-order valence-corrected chi connectivity index (χ0v) is 10.2. The molecule has 0 unspecified atom stereocenters. The minimum Gasteiger partial charge on any atom is -0.497 e. The largest absolute Gasteiger partial charge is 0.497 e. The van der Waals surface area contributed by atoms with E-state index < -0.39 is 0 Å². The molecule has 1 rings (SSSR count). The predicted octanol–water partition coefficient (Wildman–Crippen LogP) is 1.87. The highest BCUT2D eigenvalue weighted by Gasteiger charge is 1.93. The molecule has 14 heavy (non-hydrogen) atoms. The zero-order valence-electron chi connectivity index (χ0n) is 8.45. The lowest BCUT2D eigenvalue weighted by Gasteiger charge is -2.05. The van der Waals surface area contributed by atoms with E-state index in [2.05, 4.69) is 5.32 Å². The molecule has 0 atom stereocenters. The van der Waals surface area contributed by atoms with Gasteiger partial charge in [-0.05, 0) is 31.3 Å². The van der Waals surface area contributed by atoms with E-state index >= 15 is 0 Å². The van der Waals surface area contributed by atoms with Gasteiger partial charge in [-0.1, -0.05) is 0 Å². The molecule has 0 aliphatic carbocycles. The summed E-state index contributed by atoms with van der Waals surface area (Å²) in [6.45, 7) is 1.54. The molecule has 4 heteroatoms. The van der Waals surface area contributed by atoms with Gasteiger partial charge in [-0.3, -0.25) is 0 Å². The maximum Gasteiger partial charge on any atom is 0.119 e. The van der Waals surface area contributed by atoms with Gasteiger partial charge < -0.3 is 14.8 Å². The zero-order chi connectivity index (χ0) is 9.52. The van der Waals surface area contributed by atoms with Gasteiger partial charge in [0.25, 0.3) is 0 Å². The van der Waals surface area contributed by atoms with Crippen LogP contribution in [-0.4, -0.2) is 27.3 Å². The molecule has 1 aromatic carbocycles. The van der Waals surface area contributed by atoms with E-state index in [1.807, 2.05) is 31.3 Å². The number of halogens is 1. The third-order valence-electron chi connectivity index (χ3n) is 1.68. The molecule has 0 fully saturated rings. The van der Waals surface area contributed by atoms with E-state index in [0.29, 0.717) is 6.61 Å². The first-order valence-electron chi connectivity index (χ1n) is 4.28. The molecule has 0 bridgehead atoms. The maximum absolute atomic E-state index is 5.43. The van der Waals surface area contributed by atoms with Gasteiger partial charge in [-0.25, -0.2) is 0 Å². The highest BCUT2D eigenvalue weighted by atomic mass is 79.9. The van der Waals surface area contributed by atoms with E-state index in [4.69, 9.17) is 9.47 Å². The average Bonchev–Trinajstić information content (AvgIpc) is 2.19. The summed E-state index contributed by atoms with van der Waals surface area (Å²) >= 11 is 0. The topological polar surface area (TPSA) is 30.5 Å². The number of ether oxygens (including phenoxy) is 2. The van der Waals surface area contributed by atoms with Crippen LogP contribution < -0.4 is 14.8 Å². The lowest BCUT2D eigenvalue weighted by Crippen LogP contribution is -2.15. The molecule has 0 saturated heterocycles. The predicted molar refractivity (Wildman–Crippen MR) is 62.7 cm³/mol. The van der Waals surface area contributed by atoms with Crippen molar-refractivity contribution in [1.29, 1.82) is 0 Å². The van der Waals surface area contributed by atoms with Gasteiger partial charge in [-0.2, -0.15) is 0 Å². The molecular weight excluding hydrogens is 246 g/mol. The smallest absolute Gasteiger partial charge is 0.119 e. The Hall–Kier alpha value is -0.740. The van der Waals surface area contributed by atoms with Crippen LogP contribution in [0.25, 0.3) is 0 Å². The van der Waals surface area contributed by atoms with Gasteiger partial charge in [0.15, 0.2) is 0 Å². The second-order valence-corrected chi connectivity index (χ2v) is 2.63. The molecule has 0 spiro atoms. The van der Waals surface area contributed by atoms with Gasteiger partial charge in [0.2, 0.25) is 0 Å². The summed E-state index contributed by atoms with van der Waals surface area (Å²) in [6.07, 6.45) is 0. The van der Waals surface area contributed by atoms with Crippen LogP contribution in [0.2, 0.25) is 0 Å². The van der Waals surface area contributed by atoms with Crippen molar-refractivity contribution in [3.63, 3.8) is 0 Å². The average molecular weight is 262 g/mol. The van der Waals surface area contributed by atoms with Crippen LogP contribution in [0, 0.1) is 0 Å². The lowest BCUT2D eigenvalue weighted by molar-refractivity contribution is 0.317. The van der Waals surface area contributed by atoms with E-state index in [1.165, 1.54) is 0 Å². The van der Waals surface area contributed by atoms with Crippen LogP contribution >= 0.6 is 17.0 Å². The molecule has 1 N–H and O–H groups in total. The minimum absolute atomic E-state index is 0. The molecule has 0 amide bonds. The molecule has 0 radical (unpaired) electrons. The molecule has 1 aromatic rings. The quantitative estimate of drug-likeness (QED) is 0.822. The molecule has 0 aromatic heterocycles. The Bertz CT molecular complexity index is 238. The van der Waals surface area contributed by atoms with E-state index in [-0.39, 0.29) is 17.0 Å². The molecule has 0 heterocycles. The van der Waals surface area contributed by atoms with E-state index in [1.54, 1.807) is 7.11 Å². The number of nitrogens with one attached hydrogen (secondary N) is 1. The summed E-state index contributed by atoms with van der Waals surface area (Å²) in [7, 11) is 3.55. The molecule has 0 aliphatic heterocycles. The Morgan fingerprint density at radius 1 is 1.14 bits per heavy atom. The van der Waals surface area contributed by atoms with Crippen LogP contribution in [-0.2, 0) is 0 Å². The van der Waals surface area contributed by atoms with Crippen LogP contribution in [0.15, 0.2) is 24.3 Å². The molecule has 0 saturated carbocycles. The fraction of sp³-hybridized carbons (Fsp3) is 0.400. The lowest BCUT2D eigenvalue weighted by atomic mass is 10.3. The second-order valence-electron chi connectivity index (χ2n) is 2.63. The standard InChI is InChI=1S/C10H15NO2.BrH/c1-11-7-8-13-10-5-3-9(12-2)4-6-10;/h3-6,11H,7-8H2,1-2H3;1H. The molecule has 3 nitrogen and oxygen atoms in total. The van der Waals surface area contributed by atoms with Crippen LogP contribution in [0.5, 0.6) is 11.5 Å². The maximum atomic E-state index is 5.43. The Labute approximate surface area is 95.2 Å². The summed E-state index contributed by atoms with van der Waals surface area (Å²) in [5.41, 5.74) is 0. The fourth-order valence-electron chi connectivity index (χ4n) is 0.943. The SMILES string of the molecule is Br.CNCCOc1ccc(OC)cc1. The van der Waals surface area contributed by atoms with Gasteiger partial charge in [0.1, 0.15) is 18.1 Å². The molecule has 80 valence electrons. The summed E-state index contributed by atoms with van der Waals surface area (Å²) in [4.78, 5) is 0. The summed E-state index contributed by atoms with van der Waals surface area (Å²) in [6, 6.07) is 7.56. The number of rotatable bonds is 5. The number of benzene rings is 1. The highest BCUT2D eigenvalue weighted by Crippen LogP contribution is 2.16. The Morgan fingerprint density at radius 2 is 1.71 bits per heavy atom. The molecule has 0 aliphatic rings. The molecular formula is C10H16BrNO2. The Balaban J connectivity index is 0.00000169. The minimum atomic E-state index is 0. The second kappa shape index (κ2) is 7.64. The fourth-order valence-corrected chi connectivity index (χ4v) is 0.943. The number of methoxy groups -OCH3 is 1. The number of likely N-dealkylation sites (N-methyl/N-ethyl adjacent to an activating group) is 1. The first-order chi connectivity index (χ1) is 6.36. The van der Waals surface area contributed by atoms with E-state index in [9.17, 15) is 0 Å². The van der Waals surface area contributed by atoms with Crippen LogP contribution in [0.3, 0.4) is 0 Å². The van der Waals surface area contributed by atoms with Crippen molar-refractivity contribution in [2.24, 2.45) is 0 Å². The Kier molecular flexibility index (Phi) is 7.24. The summed E-state index contributed by atoms with van der Waals surface area (Å²) in [5, 5.41) is 3.01. The number of hydrogen-bond donors (Lipinski definition) is 1. The first-order valence-corrected chi connectivity index (χ1v) is 4.28. The summed E-state index contributed by atoms with van der Waals surface area (Å²) < 4.78 is 10.5. The van der Waals surface area contributed by atoms with Crippen LogP contribution in [0.4, 0.5) is 0 Å². The third kappa shape index (κ3) is 4.48. The van der Waals surface area contributed by atoms with Crippen molar-refractivity contribution < 1.29 is 9.47 Å². The van der Waals surface area contributed by atoms with Gasteiger partial charge in [-0.15, -0.1) is 17.0 Å². The summed E-state index contributed by atoms with van der Waals surface area (Å²) in [5.74, 6) is 1.72. The third-order valence-corrected chi connectivity index (χ3v) is 1.68. The monoisotopic (exact) mass is 261 g/mol. The van der Waals surface area contributed by atoms with Crippen molar-refractivity contribution >= 4 is 17.0 Å². The first kappa shape index (κ1) is 13.3. The van der Waals surface area contributed by atoms with Crippen molar-refractivity contribution in [2.45, 2.75) is 0 Å². The van der Waals surface area contributed by atoms with Gasteiger partial charge >= 0.3 is 0 Å².